The van der Waals surface area contributed by atoms with E-state index in [1.807, 2.05) is 11.3 Å². The van der Waals surface area contributed by atoms with Crippen LogP contribution in [0.2, 0.25) is 0 Å². The number of hydrogen-bond acceptors (Lipinski definition) is 3. The minimum Gasteiger partial charge on any atom is -0.330 e. The molecule has 4 heteroatoms. The number of benzene rings is 1. The van der Waals surface area contributed by atoms with Crippen molar-refractivity contribution in [2.75, 3.05) is 19.6 Å². The molecule has 0 radical (unpaired) electrons. The first-order valence-electron chi connectivity index (χ1n) is 9.34. The normalized spacial score (nSPS) is 16.7. The molecule has 134 valence electrons. The second-order valence-corrected chi connectivity index (χ2v) is 7.78. The van der Waals surface area contributed by atoms with E-state index in [2.05, 4.69) is 59.8 Å². The van der Waals surface area contributed by atoms with E-state index in [4.69, 9.17) is 0 Å². The number of carbonyl (C=O) groups excluding carboxylic acids is 1. The summed E-state index contributed by atoms with van der Waals surface area (Å²) in [5.41, 5.74) is 3.81. The molecule has 0 spiro atoms. The molecule has 0 aliphatic carbocycles. The molecule has 1 aliphatic heterocycles. The molecular weight excluding hydrogens is 328 g/mol. The Balaban J connectivity index is 1.78. The van der Waals surface area contributed by atoms with E-state index in [0.29, 0.717) is 6.54 Å². The fourth-order valence-electron chi connectivity index (χ4n) is 3.61. The van der Waals surface area contributed by atoms with Crippen LogP contribution in [0.4, 0.5) is 0 Å². The summed E-state index contributed by atoms with van der Waals surface area (Å²) in [4.78, 5) is 16.4. The van der Waals surface area contributed by atoms with Gasteiger partial charge in [0.15, 0.2) is 0 Å². The van der Waals surface area contributed by atoms with E-state index in [0.717, 1.165) is 25.9 Å². The summed E-state index contributed by atoms with van der Waals surface area (Å²) < 4.78 is 0. The lowest BCUT2D eigenvalue weighted by Crippen LogP contribution is -2.44. The van der Waals surface area contributed by atoms with E-state index in [9.17, 15) is 4.79 Å². The predicted molar refractivity (Wildman–Crippen MR) is 105 cm³/mol. The maximum absolute atomic E-state index is 12.9. The SMILES string of the molecule is CCCCCNCC(=O)N1CCc2sccc2C1c1ccccc1C. The topological polar surface area (TPSA) is 32.3 Å². The van der Waals surface area contributed by atoms with Crippen molar-refractivity contribution < 1.29 is 4.79 Å². The van der Waals surface area contributed by atoms with Crippen LogP contribution in [0.3, 0.4) is 0 Å². The smallest absolute Gasteiger partial charge is 0.237 e. The Bertz CT molecular complexity index is 709. The molecule has 25 heavy (non-hydrogen) atoms. The van der Waals surface area contributed by atoms with E-state index < -0.39 is 0 Å². The van der Waals surface area contributed by atoms with Gasteiger partial charge in [-0.2, -0.15) is 0 Å². The van der Waals surface area contributed by atoms with E-state index in [-0.39, 0.29) is 11.9 Å². The molecule has 3 rings (SSSR count). The zero-order chi connectivity index (χ0) is 17.6. The lowest BCUT2D eigenvalue weighted by molar-refractivity contribution is -0.132. The minimum atomic E-state index is 0.0566. The number of aryl methyl sites for hydroxylation is 1. The van der Waals surface area contributed by atoms with Crippen LogP contribution in [0.1, 0.15) is 53.8 Å². The fourth-order valence-corrected chi connectivity index (χ4v) is 4.51. The molecule has 0 fully saturated rings. The highest BCUT2D eigenvalue weighted by Crippen LogP contribution is 2.38. The van der Waals surface area contributed by atoms with Crippen LogP contribution < -0.4 is 5.32 Å². The number of nitrogens with zero attached hydrogens (tertiary/aromatic N) is 1. The molecule has 1 atom stereocenters. The molecule has 1 amide bonds. The van der Waals surface area contributed by atoms with Gasteiger partial charge in [-0.15, -0.1) is 11.3 Å². The predicted octanol–water partition coefficient (Wildman–Crippen LogP) is 4.31. The standard InChI is InChI=1S/C21H28N2OS/c1-3-4-7-12-22-15-20(24)23-13-10-19-18(11-14-25-19)21(23)17-9-6-5-8-16(17)2/h5-6,8-9,11,14,21-22H,3-4,7,10,12-13,15H2,1-2H3. The molecule has 2 heterocycles. The van der Waals surface area contributed by atoms with Crippen molar-refractivity contribution in [3.05, 3.63) is 57.3 Å². The second-order valence-electron chi connectivity index (χ2n) is 6.78. The van der Waals surface area contributed by atoms with Gasteiger partial charge >= 0.3 is 0 Å². The van der Waals surface area contributed by atoms with Gasteiger partial charge in [0.1, 0.15) is 0 Å². The van der Waals surface area contributed by atoms with Gasteiger partial charge in [0, 0.05) is 11.4 Å². The highest BCUT2D eigenvalue weighted by atomic mass is 32.1. The number of hydrogen-bond donors (Lipinski definition) is 1. The molecule has 1 N–H and O–H groups in total. The monoisotopic (exact) mass is 356 g/mol. The molecule has 0 saturated heterocycles. The maximum atomic E-state index is 12.9. The van der Waals surface area contributed by atoms with Gasteiger partial charge in [-0.1, -0.05) is 44.0 Å². The van der Waals surface area contributed by atoms with Crippen LogP contribution in [-0.2, 0) is 11.2 Å². The lowest BCUT2D eigenvalue weighted by Gasteiger charge is -2.37. The Hall–Kier alpha value is -1.65. The van der Waals surface area contributed by atoms with Crippen molar-refractivity contribution in [1.82, 2.24) is 10.2 Å². The van der Waals surface area contributed by atoms with Crippen LogP contribution in [0, 0.1) is 6.92 Å². The summed E-state index contributed by atoms with van der Waals surface area (Å²) in [6, 6.07) is 10.7. The first-order chi connectivity index (χ1) is 12.2. The Kier molecular flexibility index (Phi) is 6.27. The van der Waals surface area contributed by atoms with Crippen LogP contribution in [0.25, 0.3) is 0 Å². The Labute approximate surface area is 155 Å². The fraction of sp³-hybridized carbons (Fsp3) is 0.476. The van der Waals surface area contributed by atoms with Crippen molar-refractivity contribution >= 4 is 17.2 Å². The number of unbranched alkanes of at least 4 members (excludes halogenated alkanes) is 2. The third-order valence-electron chi connectivity index (χ3n) is 5.00. The lowest BCUT2D eigenvalue weighted by atomic mass is 9.90. The third-order valence-corrected chi connectivity index (χ3v) is 6.00. The highest BCUT2D eigenvalue weighted by Gasteiger charge is 2.33. The Morgan fingerprint density at radius 2 is 2.08 bits per heavy atom. The summed E-state index contributed by atoms with van der Waals surface area (Å²) in [5.74, 6) is 0.210. The largest absolute Gasteiger partial charge is 0.330 e. The summed E-state index contributed by atoms with van der Waals surface area (Å²) >= 11 is 1.82. The zero-order valence-corrected chi connectivity index (χ0v) is 16.1. The average Bonchev–Trinajstić information content (AvgIpc) is 3.10. The summed E-state index contributed by atoms with van der Waals surface area (Å²) in [5, 5.41) is 5.49. The number of thiophene rings is 1. The van der Waals surface area contributed by atoms with E-state index in [1.54, 1.807) is 0 Å². The zero-order valence-electron chi connectivity index (χ0n) is 15.3. The van der Waals surface area contributed by atoms with Crippen molar-refractivity contribution in [2.45, 2.75) is 45.6 Å². The number of amides is 1. The van der Waals surface area contributed by atoms with E-state index >= 15 is 0 Å². The maximum Gasteiger partial charge on any atom is 0.237 e. The van der Waals surface area contributed by atoms with Crippen molar-refractivity contribution in [1.29, 1.82) is 0 Å². The van der Waals surface area contributed by atoms with Gasteiger partial charge in [-0.3, -0.25) is 4.79 Å². The van der Waals surface area contributed by atoms with Crippen molar-refractivity contribution in [2.24, 2.45) is 0 Å². The number of rotatable bonds is 7. The van der Waals surface area contributed by atoms with Gasteiger partial charge in [-0.25, -0.2) is 0 Å². The highest BCUT2D eigenvalue weighted by molar-refractivity contribution is 7.10. The average molecular weight is 357 g/mol. The van der Waals surface area contributed by atoms with Crippen LogP contribution in [-0.4, -0.2) is 30.4 Å². The first-order valence-corrected chi connectivity index (χ1v) is 10.2. The molecule has 1 aromatic carbocycles. The van der Waals surface area contributed by atoms with Crippen molar-refractivity contribution in [3.8, 4) is 0 Å². The van der Waals surface area contributed by atoms with Gasteiger partial charge in [-0.05, 0) is 54.4 Å². The number of fused-ring (bicyclic) bond motifs is 1. The van der Waals surface area contributed by atoms with Gasteiger partial charge in [0.25, 0.3) is 0 Å². The molecule has 3 nitrogen and oxygen atoms in total. The molecule has 1 aromatic heterocycles. The molecule has 1 aliphatic rings. The summed E-state index contributed by atoms with van der Waals surface area (Å²) in [7, 11) is 0. The van der Waals surface area contributed by atoms with Gasteiger partial charge in [0.05, 0.1) is 12.6 Å². The number of carbonyl (C=O) groups is 1. The molecule has 2 aromatic rings. The summed E-state index contributed by atoms with van der Waals surface area (Å²) in [6.07, 6.45) is 4.53. The molecular formula is C21H28N2OS. The third kappa shape index (κ3) is 4.13. The minimum absolute atomic E-state index is 0.0566. The molecule has 0 bridgehead atoms. The van der Waals surface area contributed by atoms with Crippen LogP contribution in [0.5, 0.6) is 0 Å². The quantitative estimate of drug-likeness (QED) is 0.750. The van der Waals surface area contributed by atoms with E-state index in [1.165, 1.54) is 34.4 Å². The number of nitrogens with one attached hydrogen (secondary N) is 1. The van der Waals surface area contributed by atoms with Crippen LogP contribution in [0.15, 0.2) is 35.7 Å². The Morgan fingerprint density at radius 1 is 1.24 bits per heavy atom. The molecule has 1 unspecified atom stereocenters. The first kappa shape index (κ1) is 18.2. The Morgan fingerprint density at radius 3 is 2.88 bits per heavy atom. The molecule has 0 saturated carbocycles. The van der Waals surface area contributed by atoms with Crippen LogP contribution >= 0.6 is 11.3 Å². The summed E-state index contributed by atoms with van der Waals surface area (Å²) in [6.45, 7) is 6.51. The van der Waals surface area contributed by atoms with Gasteiger partial charge in [0.2, 0.25) is 5.91 Å². The second kappa shape index (κ2) is 8.63. The van der Waals surface area contributed by atoms with Crippen molar-refractivity contribution in [3.63, 3.8) is 0 Å². The van der Waals surface area contributed by atoms with Gasteiger partial charge < -0.3 is 10.2 Å².